The van der Waals surface area contributed by atoms with Gasteiger partial charge in [0.2, 0.25) is 0 Å². The van der Waals surface area contributed by atoms with Crippen molar-refractivity contribution in [2.75, 3.05) is 31.6 Å². The summed E-state index contributed by atoms with van der Waals surface area (Å²) >= 11 is 3.50. The average Bonchev–Trinajstić information content (AvgIpc) is 2.14. The molecule has 0 bridgehead atoms. The summed E-state index contributed by atoms with van der Waals surface area (Å²) in [5.41, 5.74) is -0.0471. The molecule has 0 aromatic heterocycles. The Bertz CT molecular complexity index is 209. The van der Waals surface area contributed by atoms with Gasteiger partial charge >= 0.3 is 0 Å². The third-order valence-corrected chi connectivity index (χ3v) is 3.30. The summed E-state index contributed by atoms with van der Waals surface area (Å²) in [6.45, 7) is 12.2. The number of alkyl halides is 1. The molecule has 1 fully saturated rings. The van der Waals surface area contributed by atoms with Gasteiger partial charge in [0.15, 0.2) is 0 Å². The van der Waals surface area contributed by atoms with Gasteiger partial charge in [0.05, 0.1) is 24.4 Å². The molecule has 3 nitrogen and oxygen atoms in total. The second-order valence-corrected chi connectivity index (χ2v) is 5.96. The lowest BCUT2D eigenvalue weighted by molar-refractivity contribution is -0.130. The quantitative estimate of drug-likeness (QED) is 0.726. The summed E-state index contributed by atoms with van der Waals surface area (Å²) in [7, 11) is 0. The molecule has 0 aromatic carbocycles. The number of morpholine rings is 1. The van der Waals surface area contributed by atoms with Crippen molar-refractivity contribution >= 4 is 15.9 Å². The molecular formula is C12H24BrNO2. The lowest BCUT2D eigenvalue weighted by Crippen LogP contribution is -2.53. The van der Waals surface area contributed by atoms with Gasteiger partial charge in [0.25, 0.3) is 0 Å². The zero-order chi connectivity index (χ0) is 12.2. The van der Waals surface area contributed by atoms with Gasteiger partial charge in [0, 0.05) is 25.0 Å². The minimum Gasteiger partial charge on any atom is -0.377 e. The molecule has 0 amide bonds. The van der Waals surface area contributed by atoms with Gasteiger partial charge in [-0.3, -0.25) is 4.90 Å². The van der Waals surface area contributed by atoms with E-state index < -0.39 is 0 Å². The zero-order valence-electron chi connectivity index (χ0n) is 10.8. The summed E-state index contributed by atoms with van der Waals surface area (Å²) in [5.74, 6) is 0. The van der Waals surface area contributed by atoms with Gasteiger partial charge in [-0.15, -0.1) is 0 Å². The monoisotopic (exact) mass is 293 g/mol. The van der Waals surface area contributed by atoms with Crippen molar-refractivity contribution in [3.63, 3.8) is 0 Å². The molecular weight excluding hydrogens is 270 g/mol. The van der Waals surface area contributed by atoms with Crippen LogP contribution in [0.4, 0.5) is 0 Å². The third-order valence-electron chi connectivity index (χ3n) is 2.58. The minimum absolute atomic E-state index is 0.0471. The standard InChI is InChI=1S/C12H24BrNO2/c1-10(2)15-6-5-14-8-11(7-13)16-12(3,4)9-14/h10-11H,5-9H2,1-4H3. The Morgan fingerprint density at radius 1 is 1.50 bits per heavy atom. The molecule has 96 valence electrons. The van der Waals surface area contributed by atoms with E-state index in [2.05, 4.69) is 48.5 Å². The molecule has 1 rings (SSSR count). The molecule has 0 aliphatic carbocycles. The Balaban J connectivity index is 2.35. The number of halogens is 1. The number of hydrogen-bond acceptors (Lipinski definition) is 3. The van der Waals surface area contributed by atoms with E-state index >= 15 is 0 Å². The molecule has 1 aliphatic heterocycles. The first-order valence-corrected chi connectivity index (χ1v) is 7.13. The normalized spacial score (nSPS) is 26.2. The predicted molar refractivity (Wildman–Crippen MR) is 70.3 cm³/mol. The van der Waals surface area contributed by atoms with Crippen LogP contribution in [0.2, 0.25) is 0 Å². The molecule has 0 saturated carbocycles. The van der Waals surface area contributed by atoms with Gasteiger partial charge in [-0.25, -0.2) is 0 Å². The maximum atomic E-state index is 5.95. The summed E-state index contributed by atoms with van der Waals surface area (Å²) in [6, 6.07) is 0. The highest BCUT2D eigenvalue weighted by Crippen LogP contribution is 2.21. The van der Waals surface area contributed by atoms with Crippen LogP contribution in [0.3, 0.4) is 0 Å². The van der Waals surface area contributed by atoms with Crippen molar-refractivity contribution in [1.29, 1.82) is 0 Å². The van der Waals surface area contributed by atoms with Crippen molar-refractivity contribution < 1.29 is 9.47 Å². The van der Waals surface area contributed by atoms with Crippen LogP contribution in [0.5, 0.6) is 0 Å². The Labute approximate surface area is 108 Å². The van der Waals surface area contributed by atoms with Crippen LogP contribution in [0.1, 0.15) is 27.7 Å². The highest BCUT2D eigenvalue weighted by molar-refractivity contribution is 9.09. The maximum Gasteiger partial charge on any atom is 0.0806 e. The lowest BCUT2D eigenvalue weighted by atomic mass is 10.1. The topological polar surface area (TPSA) is 21.7 Å². The Kier molecular flexibility index (Phi) is 5.71. The largest absolute Gasteiger partial charge is 0.377 e. The van der Waals surface area contributed by atoms with Gasteiger partial charge in [-0.1, -0.05) is 15.9 Å². The maximum absolute atomic E-state index is 5.95. The highest BCUT2D eigenvalue weighted by atomic mass is 79.9. The van der Waals surface area contributed by atoms with Gasteiger partial charge < -0.3 is 9.47 Å². The van der Waals surface area contributed by atoms with Crippen molar-refractivity contribution in [3.8, 4) is 0 Å². The van der Waals surface area contributed by atoms with Crippen LogP contribution in [0, 0.1) is 0 Å². The average molecular weight is 294 g/mol. The van der Waals surface area contributed by atoms with Gasteiger partial charge in [0.1, 0.15) is 0 Å². The van der Waals surface area contributed by atoms with E-state index in [0.717, 1.165) is 31.6 Å². The Morgan fingerprint density at radius 2 is 2.19 bits per heavy atom. The zero-order valence-corrected chi connectivity index (χ0v) is 12.4. The van der Waals surface area contributed by atoms with Crippen molar-refractivity contribution in [1.82, 2.24) is 4.90 Å². The molecule has 1 heterocycles. The van der Waals surface area contributed by atoms with E-state index in [4.69, 9.17) is 9.47 Å². The Hall–Kier alpha value is 0.360. The number of hydrogen-bond donors (Lipinski definition) is 0. The number of ether oxygens (including phenoxy) is 2. The van der Waals surface area contributed by atoms with Gasteiger partial charge in [-0.05, 0) is 27.7 Å². The molecule has 4 heteroatoms. The van der Waals surface area contributed by atoms with E-state index in [0.29, 0.717) is 12.2 Å². The summed E-state index contributed by atoms with van der Waals surface area (Å²) in [6.07, 6.45) is 0.615. The predicted octanol–water partition coefficient (Wildman–Crippen LogP) is 2.29. The molecule has 1 atom stereocenters. The summed E-state index contributed by atoms with van der Waals surface area (Å²) in [5, 5.41) is 0.901. The van der Waals surface area contributed by atoms with E-state index in [1.165, 1.54) is 0 Å². The molecule has 1 unspecified atom stereocenters. The number of nitrogens with zero attached hydrogens (tertiary/aromatic N) is 1. The van der Waals surface area contributed by atoms with Crippen molar-refractivity contribution in [2.45, 2.75) is 45.5 Å². The van der Waals surface area contributed by atoms with Crippen LogP contribution in [-0.2, 0) is 9.47 Å². The molecule has 0 N–H and O–H groups in total. The van der Waals surface area contributed by atoms with Crippen LogP contribution in [0.25, 0.3) is 0 Å². The molecule has 1 saturated heterocycles. The molecule has 16 heavy (non-hydrogen) atoms. The fourth-order valence-corrected chi connectivity index (χ4v) is 2.42. The van der Waals surface area contributed by atoms with Crippen LogP contribution < -0.4 is 0 Å². The lowest BCUT2D eigenvalue weighted by Gasteiger charge is -2.42. The van der Waals surface area contributed by atoms with E-state index in [-0.39, 0.29) is 5.60 Å². The Morgan fingerprint density at radius 3 is 2.75 bits per heavy atom. The first kappa shape index (κ1) is 14.4. The summed E-state index contributed by atoms with van der Waals surface area (Å²) < 4.78 is 11.5. The highest BCUT2D eigenvalue weighted by Gasteiger charge is 2.32. The number of rotatable bonds is 5. The third kappa shape index (κ3) is 5.13. The van der Waals surface area contributed by atoms with E-state index in [1.807, 2.05) is 0 Å². The van der Waals surface area contributed by atoms with Crippen LogP contribution in [0.15, 0.2) is 0 Å². The van der Waals surface area contributed by atoms with Crippen LogP contribution >= 0.6 is 15.9 Å². The van der Waals surface area contributed by atoms with Crippen molar-refractivity contribution in [2.24, 2.45) is 0 Å². The minimum atomic E-state index is -0.0471. The van der Waals surface area contributed by atoms with Crippen molar-refractivity contribution in [3.05, 3.63) is 0 Å². The first-order chi connectivity index (χ1) is 7.43. The van der Waals surface area contributed by atoms with E-state index in [1.54, 1.807) is 0 Å². The second-order valence-electron chi connectivity index (χ2n) is 5.31. The van der Waals surface area contributed by atoms with Crippen LogP contribution in [-0.4, -0.2) is 54.3 Å². The van der Waals surface area contributed by atoms with Gasteiger partial charge in [-0.2, -0.15) is 0 Å². The van der Waals surface area contributed by atoms with E-state index in [9.17, 15) is 0 Å². The fourth-order valence-electron chi connectivity index (χ4n) is 2.08. The molecule has 0 spiro atoms. The fraction of sp³-hybridized carbons (Fsp3) is 1.00. The summed E-state index contributed by atoms with van der Waals surface area (Å²) in [4.78, 5) is 2.43. The molecule has 1 aliphatic rings. The SMILES string of the molecule is CC(C)OCCN1CC(CBr)OC(C)(C)C1. The molecule has 0 aromatic rings. The smallest absolute Gasteiger partial charge is 0.0806 e. The molecule has 0 radical (unpaired) electrons. The first-order valence-electron chi connectivity index (χ1n) is 6.00. The second kappa shape index (κ2) is 6.34.